The first kappa shape index (κ1) is 22.1. The molecule has 0 aliphatic heterocycles. The van der Waals surface area contributed by atoms with E-state index < -0.39 is 12.1 Å². The lowest BCUT2D eigenvalue weighted by molar-refractivity contribution is -0.122. The van der Waals surface area contributed by atoms with Crippen LogP contribution in [-0.2, 0) is 22.6 Å². The molecule has 5 nitrogen and oxygen atoms in total. The number of aryl methyl sites for hydroxylation is 1. The molecule has 3 aromatic carbocycles. The minimum Gasteiger partial charge on any atom is -0.374 e. The van der Waals surface area contributed by atoms with Crippen molar-refractivity contribution in [3.8, 4) is 6.07 Å². The molecular weight excluding hydrogens is 386 g/mol. The highest BCUT2D eigenvalue weighted by Gasteiger charge is 2.22. The first-order valence-electron chi connectivity index (χ1n) is 10.3. The van der Waals surface area contributed by atoms with Gasteiger partial charge in [-0.05, 0) is 30.2 Å². The maximum atomic E-state index is 13.1. The van der Waals surface area contributed by atoms with Gasteiger partial charge in [0.2, 0.25) is 5.91 Å². The van der Waals surface area contributed by atoms with Crippen LogP contribution in [0.1, 0.15) is 16.7 Å². The van der Waals surface area contributed by atoms with Crippen LogP contribution in [0.4, 0.5) is 5.69 Å². The average molecular weight is 414 g/mol. The third-order valence-electron chi connectivity index (χ3n) is 4.82. The molecule has 1 amide bonds. The average Bonchev–Trinajstić information content (AvgIpc) is 2.79. The Balaban J connectivity index is 1.63. The van der Waals surface area contributed by atoms with Gasteiger partial charge < -0.3 is 15.4 Å². The number of hydrogen-bond acceptors (Lipinski definition) is 4. The Labute approximate surface area is 183 Å². The lowest BCUT2D eigenvalue weighted by Gasteiger charge is -2.22. The number of amides is 1. The predicted molar refractivity (Wildman–Crippen MR) is 122 cm³/mol. The molecule has 158 valence electrons. The molecule has 2 N–H and O–H groups in total. The molecule has 0 spiro atoms. The van der Waals surface area contributed by atoms with Gasteiger partial charge in [-0.25, -0.2) is 0 Å². The quantitative estimate of drug-likeness (QED) is 0.521. The molecule has 0 saturated heterocycles. The lowest BCUT2D eigenvalue weighted by Crippen LogP contribution is -2.46. The van der Waals surface area contributed by atoms with E-state index in [-0.39, 0.29) is 12.5 Å². The van der Waals surface area contributed by atoms with Gasteiger partial charge in [0.15, 0.2) is 0 Å². The van der Waals surface area contributed by atoms with E-state index >= 15 is 0 Å². The Bertz CT molecular complexity index is 1000. The fourth-order valence-corrected chi connectivity index (χ4v) is 3.27. The summed E-state index contributed by atoms with van der Waals surface area (Å²) in [5, 5.41) is 15.6. The second kappa shape index (κ2) is 11.5. The summed E-state index contributed by atoms with van der Waals surface area (Å²) in [4.78, 5) is 13.1. The van der Waals surface area contributed by atoms with Gasteiger partial charge in [-0.3, -0.25) is 4.79 Å². The highest BCUT2D eigenvalue weighted by Crippen LogP contribution is 2.13. The van der Waals surface area contributed by atoms with Crippen molar-refractivity contribution < 1.29 is 9.53 Å². The summed E-state index contributed by atoms with van der Waals surface area (Å²) >= 11 is 0. The maximum absolute atomic E-state index is 13.1. The largest absolute Gasteiger partial charge is 0.374 e. The predicted octanol–water partition coefficient (Wildman–Crippen LogP) is 4.24. The summed E-state index contributed by atoms with van der Waals surface area (Å²) in [6, 6.07) is 28.3. The zero-order chi connectivity index (χ0) is 21.9. The van der Waals surface area contributed by atoms with Crippen molar-refractivity contribution in [1.82, 2.24) is 5.32 Å². The Hall–Kier alpha value is -3.62. The van der Waals surface area contributed by atoms with Gasteiger partial charge in [0.1, 0.15) is 12.1 Å². The molecule has 0 aliphatic carbocycles. The standard InChI is InChI=1S/C26H27N3O2/c1-20-9-8-12-22(15-20)16-25(28-23-13-6-3-7-14-23)26(30)29-24(17-27)19-31-18-21-10-4-2-5-11-21/h2-15,24-25,28H,16,18-19H2,1H3,(H,29,30)/t24-,25+/m1/s1. The number of para-hydroxylation sites is 1. The summed E-state index contributed by atoms with van der Waals surface area (Å²) in [6.07, 6.45) is 0.505. The van der Waals surface area contributed by atoms with Crippen LogP contribution in [0, 0.1) is 18.3 Å². The molecule has 2 atom stereocenters. The second-order valence-electron chi connectivity index (χ2n) is 7.45. The normalized spacial score (nSPS) is 12.4. The van der Waals surface area contributed by atoms with Gasteiger partial charge in [0.05, 0.1) is 19.3 Å². The van der Waals surface area contributed by atoms with Crippen LogP contribution in [0.2, 0.25) is 0 Å². The summed E-state index contributed by atoms with van der Waals surface area (Å²) in [5.41, 5.74) is 4.07. The van der Waals surface area contributed by atoms with Crippen LogP contribution in [0.5, 0.6) is 0 Å². The molecule has 0 aliphatic rings. The number of rotatable bonds is 10. The molecule has 3 aromatic rings. The van der Waals surface area contributed by atoms with Gasteiger partial charge in [-0.2, -0.15) is 5.26 Å². The van der Waals surface area contributed by atoms with Gasteiger partial charge in [-0.15, -0.1) is 0 Å². The molecule has 5 heteroatoms. The highest BCUT2D eigenvalue weighted by atomic mass is 16.5. The third kappa shape index (κ3) is 7.29. The van der Waals surface area contributed by atoms with E-state index in [9.17, 15) is 10.1 Å². The van der Waals surface area contributed by atoms with Gasteiger partial charge >= 0.3 is 0 Å². The van der Waals surface area contributed by atoms with Crippen molar-refractivity contribution in [3.05, 3.63) is 102 Å². The molecule has 0 fully saturated rings. The zero-order valence-electron chi connectivity index (χ0n) is 17.6. The van der Waals surface area contributed by atoms with E-state index in [0.717, 1.165) is 22.4 Å². The Morgan fingerprint density at radius 1 is 0.968 bits per heavy atom. The lowest BCUT2D eigenvalue weighted by atomic mass is 10.0. The zero-order valence-corrected chi connectivity index (χ0v) is 17.6. The second-order valence-corrected chi connectivity index (χ2v) is 7.45. The number of anilines is 1. The van der Waals surface area contributed by atoms with Crippen molar-refractivity contribution in [2.45, 2.75) is 32.0 Å². The number of nitrogens with one attached hydrogen (secondary N) is 2. The topological polar surface area (TPSA) is 74.2 Å². The van der Waals surface area contributed by atoms with Gasteiger partial charge in [0.25, 0.3) is 0 Å². The SMILES string of the molecule is Cc1cccc(C[C@H](Nc2ccccc2)C(=O)N[C@H](C#N)COCc2ccccc2)c1. The van der Waals surface area contributed by atoms with Gasteiger partial charge in [-0.1, -0.05) is 78.4 Å². The Morgan fingerprint density at radius 3 is 2.32 bits per heavy atom. The molecule has 3 rings (SSSR count). The van der Waals surface area contributed by atoms with E-state index in [1.807, 2.05) is 85.8 Å². The fourth-order valence-electron chi connectivity index (χ4n) is 3.27. The van der Waals surface area contributed by atoms with E-state index in [0.29, 0.717) is 13.0 Å². The number of benzene rings is 3. The van der Waals surface area contributed by atoms with Crippen LogP contribution in [0.3, 0.4) is 0 Å². The number of carbonyl (C=O) groups is 1. The van der Waals surface area contributed by atoms with Crippen LogP contribution in [0.25, 0.3) is 0 Å². The molecule has 0 aromatic heterocycles. The monoisotopic (exact) mass is 413 g/mol. The summed E-state index contributed by atoms with van der Waals surface area (Å²) in [7, 11) is 0. The number of nitriles is 1. The minimum absolute atomic E-state index is 0.125. The van der Waals surface area contributed by atoms with E-state index in [2.05, 4.69) is 22.8 Å². The molecule has 31 heavy (non-hydrogen) atoms. The van der Waals surface area contributed by atoms with Crippen LogP contribution < -0.4 is 10.6 Å². The number of hydrogen-bond donors (Lipinski definition) is 2. The van der Waals surface area contributed by atoms with Crippen molar-refractivity contribution in [1.29, 1.82) is 5.26 Å². The first-order chi connectivity index (χ1) is 15.1. The molecule has 0 radical (unpaired) electrons. The fraction of sp³-hybridized carbons (Fsp3) is 0.231. The first-order valence-corrected chi connectivity index (χ1v) is 10.3. The Kier molecular flexibility index (Phi) is 8.21. The highest BCUT2D eigenvalue weighted by molar-refractivity contribution is 5.85. The third-order valence-corrected chi connectivity index (χ3v) is 4.82. The number of nitrogens with zero attached hydrogens (tertiary/aromatic N) is 1. The summed E-state index contributed by atoms with van der Waals surface area (Å²) < 4.78 is 5.65. The van der Waals surface area contributed by atoms with Crippen molar-refractivity contribution >= 4 is 11.6 Å². The Morgan fingerprint density at radius 2 is 1.65 bits per heavy atom. The van der Waals surface area contributed by atoms with Crippen molar-refractivity contribution in [2.75, 3.05) is 11.9 Å². The maximum Gasteiger partial charge on any atom is 0.243 e. The van der Waals surface area contributed by atoms with Crippen molar-refractivity contribution in [3.63, 3.8) is 0 Å². The van der Waals surface area contributed by atoms with E-state index in [1.165, 1.54) is 0 Å². The smallest absolute Gasteiger partial charge is 0.243 e. The number of ether oxygens (including phenoxy) is 1. The van der Waals surface area contributed by atoms with E-state index in [4.69, 9.17) is 4.74 Å². The number of carbonyl (C=O) groups excluding carboxylic acids is 1. The van der Waals surface area contributed by atoms with Crippen LogP contribution in [-0.4, -0.2) is 24.6 Å². The molecule has 0 heterocycles. The van der Waals surface area contributed by atoms with Crippen molar-refractivity contribution in [2.24, 2.45) is 0 Å². The molecule has 0 saturated carbocycles. The van der Waals surface area contributed by atoms with Gasteiger partial charge in [0, 0.05) is 12.1 Å². The molecule has 0 unspecified atom stereocenters. The summed E-state index contributed by atoms with van der Waals surface area (Å²) in [6.45, 7) is 2.54. The summed E-state index contributed by atoms with van der Waals surface area (Å²) in [5.74, 6) is -0.236. The molecule has 0 bridgehead atoms. The minimum atomic E-state index is -0.728. The van der Waals surface area contributed by atoms with E-state index in [1.54, 1.807) is 0 Å². The molecular formula is C26H27N3O2. The van der Waals surface area contributed by atoms with Crippen LogP contribution in [0.15, 0.2) is 84.9 Å². The van der Waals surface area contributed by atoms with Crippen LogP contribution >= 0.6 is 0 Å².